The summed E-state index contributed by atoms with van der Waals surface area (Å²) in [5.74, 6) is -0.208. The molecule has 2 aliphatic heterocycles. The molecule has 2 fully saturated rings. The molecule has 2 atom stereocenters. The highest BCUT2D eigenvalue weighted by Gasteiger charge is 2.39. The van der Waals surface area contributed by atoms with Crippen molar-refractivity contribution in [3.05, 3.63) is 0 Å². The summed E-state index contributed by atoms with van der Waals surface area (Å²) in [5, 5.41) is 6.00. The van der Waals surface area contributed by atoms with Crippen LogP contribution in [-0.4, -0.2) is 61.6 Å². The Labute approximate surface area is 101 Å². The number of piperazine rings is 1. The molecule has 96 valence electrons. The first kappa shape index (κ1) is 12.3. The summed E-state index contributed by atoms with van der Waals surface area (Å²) in [7, 11) is 0. The van der Waals surface area contributed by atoms with E-state index in [0.29, 0.717) is 32.7 Å². The van der Waals surface area contributed by atoms with Crippen molar-refractivity contribution in [2.24, 2.45) is 0 Å². The Morgan fingerprint density at radius 2 is 2.47 bits per heavy atom. The van der Waals surface area contributed by atoms with Crippen molar-refractivity contribution in [3.63, 3.8) is 0 Å². The predicted octanol–water partition coefficient (Wildman–Crippen LogP) is -1.29. The molecular formula is C11H19N3O3. The number of hydrogen-bond donors (Lipinski definition) is 2. The quantitative estimate of drug-likeness (QED) is 0.602. The molecule has 1 amide bonds. The molecule has 0 aromatic heterocycles. The van der Waals surface area contributed by atoms with Crippen LogP contribution in [0.3, 0.4) is 0 Å². The zero-order valence-corrected chi connectivity index (χ0v) is 10.1. The number of carbonyl (C=O) groups is 2. The molecule has 0 aromatic rings. The molecule has 6 nitrogen and oxygen atoms in total. The van der Waals surface area contributed by atoms with Gasteiger partial charge in [-0.05, 0) is 6.92 Å². The molecule has 2 heterocycles. The third-order valence-electron chi connectivity index (χ3n) is 3.25. The van der Waals surface area contributed by atoms with Crippen LogP contribution >= 0.6 is 0 Å². The van der Waals surface area contributed by atoms with E-state index in [-0.39, 0.29) is 24.0 Å². The Balaban J connectivity index is 2.06. The van der Waals surface area contributed by atoms with E-state index in [1.807, 2.05) is 11.8 Å². The van der Waals surface area contributed by atoms with Crippen LogP contribution in [0.2, 0.25) is 0 Å². The lowest BCUT2D eigenvalue weighted by Gasteiger charge is -2.37. The maximum atomic E-state index is 11.9. The van der Waals surface area contributed by atoms with E-state index < -0.39 is 0 Å². The van der Waals surface area contributed by atoms with Crippen molar-refractivity contribution in [2.75, 3.05) is 32.8 Å². The van der Waals surface area contributed by atoms with Gasteiger partial charge in [0, 0.05) is 32.6 Å². The predicted molar refractivity (Wildman–Crippen MR) is 61.4 cm³/mol. The number of nitrogens with zero attached hydrogens (tertiary/aromatic N) is 1. The van der Waals surface area contributed by atoms with Crippen molar-refractivity contribution in [2.45, 2.75) is 25.4 Å². The van der Waals surface area contributed by atoms with Crippen LogP contribution in [0.5, 0.6) is 0 Å². The van der Waals surface area contributed by atoms with Gasteiger partial charge < -0.3 is 15.4 Å². The number of esters is 1. The molecule has 2 aliphatic rings. The number of carbonyl (C=O) groups excluding carboxylic acids is 2. The van der Waals surface area contributed by atoms with Gasteiger partial charge in [-0.1, -0.05) is 0 Å². The summed E-state index contributed by atoms with van der Waals surface area (Å²) in [5.41, 5.74) is 0. The normalized spacial score (nSPS) is 30.1. The standard InChI is InChI=1S/C11H19N3O3/c1-2-13-10(15)9-7-12-4-5-14(9)8-3-6-17-11(8)16/h8-9,12H,2-7H2,1H3,(H,13,15). The van der Waals surface area contributed by atoms with Gasteiger partial charge in [0.1, 0.15) is 12.1 Å². The van der Waals surface area contributed by atoms with Gasteiger partial charge >= 0.3 is 5.97 Å². The molecule has 2 rings (SSSR count). The van der Waals surface area contributed by atoms with E-state index in [0.717, 1.165) is 6.54 Å². The molecule has 2 saturated heterocycles. The Kier molecular flexibility index (Phi) is 3.96. The monoisotopic (exact) mass is 241 g/mol. The molecule has 0 radical (unpaired) electrons. The van der Waals surface area contributed by atoms with E-state index in [1.54, 1.807) is 0 Å². The fourth-order valence-corrected chi connectivity index (χ4v) is 2.41. The zero-order chi connectivity index (χ0) is 12.3. The lowest BCUT2D eigenvalue weighted by Crippen LogP contribution is -2.61. The Hall–Kier alpha value is -1.14. The Bertz CT molecular complexity index is 308. The van der Waals surface area contributed by atoms with Gasteiger partial charge in [0.2, 0.25) is 5.91 Å². The second-order valence-corrected chi connectivity index (χ2v) is 4.32. The van der Waals surface area contributed by atoms with E-state index >= 15 is 0 Å². The zero-order valence-electron chi connectivity index (χ0n) is 10.1. The van der Waals surface area contributed by atoms with Crippen molar-refractivity contribution in [1.29, 1.82) is 0 Å². The van der Waals surface area contributed by atoms with Crippen molar-refractivity contribution >= 4 is 11.9 Å². The number of likely N-dealkylation sites (N-methyl/N-ethyl adjacent to an activating group) is 1. The van der Waals surface area contributed by atoms with Crippen molar-refractivity contribution in [3.8, 4) is 0 Å². The number of hydrogen-bond acceptors (Lipinski definition) is 5. The number of ether oxygens (including phenoxy) is 1. The minimum atomic E-state index is -0.264. The number of cyclic esters (lactones) is 1. The van der Waals surface area contributed by atoms with Gasteiger partial charge in [-0.25, -0.2) is 0 Å². The van der Waals surface area contributed by atoms with Gasteiger partial charge in [-0.3, -0.25) is 14.5 Å². The Morgan fingerprint density at radius 3 is 3.12 bits per heavy atom. The third kappa shape index (κ3) is 2.58. The molecular weight excluding hydrogens is 222 g/mol. The molecule has 0 aliphatic carbocycles. The second kappa shape index (κ2) is 5.46. The fourth-order valence-electron chi connectivity index (χ4n) is 2.41. The number of rotatable bonds is 3. The first-order chi connectivity index (χ1) is 8.24. The Morgan fingerprint density at radius 1 is 1.65 bits per heavy atom. The minimum absolute atomic E-state index is 0.0144. The van der Waals surface area contributed by atoms with Crippen LogP contribution in [0, 0.1) is 0 Å². The van der Waals surface area contributed by atoms with Crippen molar-refractivity contribution < 1.29 is 14.3 Å². The fraction of sp³-hybridized carbons (Fsp3) is 0.818. The molecule has 0 bridgehead atoms. The molecule has 0 saturated carbocycles. The van der Waals surface area contributed by atoms with Gasteiger partial charge in [-0.15, -0.1) is 0 Å². The van der Waals surface area contributed by atoms with Crippen LogP contribution in [0.4, 0.5) is 0 Å². The number of amides is 1. The van der Waals surface area contributed by atoms with Crippen molar-refractivity contribution in [1.82, 2.24) is 15.5 Å². The highest BCUT2D eigenvalue weighted by atomic mass is 16.5. The molecule has 2 N–H and O–H groups in total. The number of nitrogens with one attached hydrogen (secondary N) is 2. The van der Waals surface area contributed by atoms with Gasteiger partial charge in [0.25, 0.3) is 0 Å². The van der Waals surface area contributed by atoms with Crippen LogP contribution in [0.1, 0.15) is 13.3 Å². The van der Waals surface area contributed by atoms with E-state index in [4.69, 9.17) is 4.74 Å². The van der Waals surface area contributed by atoms with E-state index in [2.05, 4.69) is 10.6 Å². The largest absolute Gasteiger partial charge is 0.464 e. The molecule has 0 aromatic carbocycles. The van der Waals surface area contributed by atoms with Crippen LogP contribution in [-0.2, 0) is 14.3 Å². The summed E-state index contributed by atoms with van der Waals surface area (Å²) in [4.78, 5) is 25.5. The molecule has 17 heavy (non-hydrogen) atoms. The van der Waals surface area contributed by atoms with Crippen LogP contribution in [0.15, 0.2) is 0 Å². The first-order valence-corrected chi connectivity index (χ1v) is 6.15. The highest BCUT2D eigenvalue weighted by molar-refractivity contribution is 5.84. The minimum Gasteiger partial charge on any atom is -0.464 e. The summed E-state index contributed by atoms with van der Waals surface area (Å²) in [6.45, 7) is 5.08. The van der Waals surface area contributed by atoms with E-state index in [9.17, 15) is 9.59 Å². The summed E-state index contributed by atoms with van der Waals surface area (Å²) in [6, 6.07) is -0.510. The van der Waals surface area contributed by atoms with Gasteiger partial charge in [0.15, 0.2) is 0 Å². The van der Waals surface area contributed by atoms with E-state index in [1.165, 1.54) is 0 Å². The molecule has 0 spiro atoms. The molecule has 2 unspecified atom stereocenters. The maximum absolute atomic E-state index is 11.9. The maximum Gasteiger partial charge on any atom is 0.323 e. The topological polar surface area (TPSA) is 70.7 Å². The SMILES string of the molecule is CCNC(=O)C1CNCCN1C1CCOC1=O. The average molecular weight is 241 g/mol. The van der Waals surface area contributed by atoms with Gasteiger partial charge in [0.05, 0.1) is 6.61 Å². The summed E-state index contributed by atoms with van der Waals surface area (Å²) < 4.78 is 4.97. The van der Waals surface area contributed by atoms with Crippen LogP contribution < -0.4 is 10.6 Å². The molecule has 6 heteroatoms. The average Bonchev–Trinajstić information content (AvgIpc) is 2.76. The highest BCUT2D eigenvalue weighted by Crippen LogP contribution is 2.18. The second-order valence-electron chi connectivity index (χ2n) is 4.32. The summed E-state index contributed by atoms with van der Waals surface area (Å²) in [6.07, 6.45) is 0.689. The lowest BCUT2D eigenvalue weighted by atomic mass is 10.1. The smallest absolute Gasteiger partial charge is 0.323 e. The lowest BCUT2D eigenvalue weighted by molar-refractivity contribution is -0.144. The van der Waals surface area contributed by atoms with Gasteiger partial charge in [-0.2, -0.15) is 0 Å². The first-order valence-electron chi connectivity index (χ1n) is 6.15. The third-order valence-corrected chi connectivity index (χ3v) is 3.25. The summed E-state index contributed by atoms with van der Waals surface area (Å²) >= 11 is 0. The van der Waals surface area contributed by atoms with Crippen LogP contribution in [0.25, 0.3) is 0 Å².